The first-order valence-corrected chi connectivity index (χ1v) is 8.16. The highest BCUT2D eigenvalue weighted by Gasteiger charge is 2.16. The largest absolute Gasteiger partial charge is 0.325 e. The number of rotatable bonds is 6. The van der Waals surface area contributed by atoms with E-state index in [9.17, 15) is 0 Å². The number of halogens is 2. The predicted octanol–water partition coefficient (Wildman–Crippen LogP) is 5.47. The van der Waals surface area contributed by atoms with E-state index in [2.05, 4.69) is 31.4 Å². The van der Waals surface area contributed by atoms with E-state index >= 15 is 0 Å². The van der Waals surface area contributed by atoms with Crippen LogP contribution in [0, 0.1) is 5.92 Å². The zero-order chi connectivity index (χ0) is 14.7. The van der Waals surface area contributed by atoms with Crippen LogP contribution in [-0.2, 0) is 6.42 Å². The number of aryl methyl sites for hydroxylation is 1. The first-order chi connectivity index (χ1) is 9.52. The topological polar surface area (TPSA) is 17.8 Å². The number of aromatic nitrogens is 2. The number of alkyl halides is 1. The Morgan fingerprint density at radius 3 is 2.60 bits per heavy atom. The minimum absolute atomic E-state index is 0.432. The molecule has 0 N–H and O–H groups in total. The third kappa shape index (κ3) is 3.48. The van der Waals surface area contributed by atoms with Crippen LogP contribution in [0.15, 0.2) is 18.2 Å². The van der Waals surface area contributed by atoms with Crippen molar-refractivity contribution >= 4 is 34.2 Å². The third-order valence-corrected chi connectivity index (χ3v) is 4.07. The van der Waals surface area contributed by atoms with E-state index in [1.54, 1.807) is 0 Å². The quantitative estimate of drug-likeness (QED) is 0.647. The Kier molecular flexibility index (Phi) is 5.34. The van der Waals surface area contributed by atoms with Crippen LogP contribution >= 0.6 is 23.2 Å². The summed E-state index contributed by atoms with van der Waals surface area (Å²) >= 11 is 12.0. The highest BCUT2D eigenvalue weighted by atomic mass is 35.5. The molecule has 0 aliphatic heterocycles. The molecule has 2 rings (SSSR count). The number of benzene rings is 1. The molecule has 1 heterocycles. The van der Waals surface area contributed by atoms with Gasteiger partial charge < -0.3 is 4.57 Å². The first kappa shape index (κ1) is 15.7. The molecule has 0 aliphatic rings. The van der Waals surface area contributed by atoms with Gasteiger partial charge in [-0.3, -0.25) is 0 Å². The number of hydrogen-bond donors (Lipinski definition) is 0. The van der Waals surface area contributed by atoms with Crippen molar-refractivity contribution in [2.75, 3.05) is 5.88 Å². The molecule has 0 radical (unpaired) electrons. The molecule has 0 saturated carbocycles. The second kappa shape index (κ2) is 6.82. The average Bonchev–Trinajstić information content (AvgIpc) is 2.73. The highest BCUT2D eigenvalue weighted by molar-refractivity contribution is 6.31. The predicted molar refractivity (Wildman–Crippen MR) is 88.0 cm³/mol. The number of nitrogens with zero attached hydrogens (tertiary/aromatic N) is 2. The summed E-state index contributed by atoms with van der Waals surface area (Å²) in [6.45, 7) is 6.78. The Morgan fingerprint density at radius 2 is 1.95 bits per heavy atom. The molecule has 0 bridgehead atoms. The molecule has 1 aromatic carbocycles. The lowest BCUT2D eigenvalue weighted by molar-refractivity contribution is 0.438. The molecule has 4 heteroatoms. The van der Waals surface area contributed by atoms with Gasteiger partial charge in [-0.2, -0.15) is 0 Å². The van der Waals surface area contributed by atoms with E-state index in [0.29, 0.717) is 11.9 Å². The van der Waals surface area contributed by atoms with Gasteiger partial charge in [0.05, 0.1) is 11.0 Å². The van der Waals surface area contributed by atoms with E-state index in [1.165, 1.54) is 6.42 Å². The van der Waals surface area contributed by atoms with Crippen LogP contribution in [0.1, 0.15) is 45.5 Å². The standard InChI is InChI=1S/C16H22Cl2N2/c1-11(2)4-5-12(3)20-15-7-6-13(18)10-14(15)19-16(20)8-9-17/h6-7,10-12H,4-5,8-9H2,1-3H3. The maximum atomic E-state index is 6.06. The number of hydrogen-bond acceptors (Lipinski definition) is 1. The van der Waals surface area contributed by atoms with Crippen LogP contribution in [-0.4, -0.2) is 15.4 Å². The zero-order valence-corrected chi connectivity index (χ0v) is 13.9. The molecule has 0 saturated heterocycles. The van der Waals surface area contributed by atoms with Crippen molar-refractivity contribution < 1.29 is 0 Å². The monoisotopic (exact) mass is 312 g/mol. The molecule has 20 heavy (non-hydrogen) atoms. The summed E-state index contributed by atoms with van der Waals surface area (Å²) in [5.41, 5.74) is 2.12. The van der Waals surface area contributed by atoms with E-state index in [4.69, 9.17) is 28.2 Å². The second-order valence-electron chi connectivity index (χ2n) is 5.79. The third-order valence-electron chi connectivity index (χ3n) is 3.65. The average molecular weight is 313 g/mol. The summed E-state index contributed by atoms with van der Waals surface area (Å²) in [4.78, 5) is 4.71. The summed E-state index contributed by atoms with van der Waals surface area (Å²) in [7, 11) is 0. The number of imidazole rings is 1. The number of fused-ring (bicyclic) bond motifs is 1. The molecule has 1 atom stereocenters. The van der Waals surface area contributed by atoms with Crippen LogP contribution < -0.4 is 0 Å². The van der Waals surface area contributed by atoms with E-state index in [-0.39, 0.29) is 0 Å². The minimum atomic E-state index is 0.432. The van der Waals surface area contributed by atoms with E-state index in [1.807, 2.05) is 12.1 Å². The van der Waals surface area contributed by atoms with Gasteiger partial charge in [0.1, 0.15) is 5.82 Å². The molecule has 110 valence electrons. The van der Waals surface area contributed by atoms with Gasteiger partial charge in [0.2, 0.25) is 0 Å². The van der Waals surface area contributed by atoms with Gasteiger partial charge in [-0.1, -0.05) is 25.4 Å². The summed E-state index contributed by atoms with van der Waals surface area (Å²) in [5.74, 6) is 2.38. The maximum Gasteiger partial charge on any atom is 0.111 e. The molecule has 0 amide bonds. The Labute approximate surface area is 131 Å². The first-order valence-electron chi connectivity index (χ1n) is 7.25. The normalized spacial score (nSPS) is 13.3. The van der Waals surface area contributed by atoms with Gasteiger partial charge in [-0.25, -0.2) is 4.98 Å². The zero-order valence-electron chi connectivity index (χ0n) is 12.4. The second-order valence-corrected chi connectivity index (χ2v) is 6.60. The minimum Gasteiger partial charge on any atom is -0.325 e. The fraction of sp³-hybridized carbons (Fsp3) is 0.562. The van der Waals surface area contributed by atoms with Crippen molar-refractivity contribution in [3.8, 4) is 0 Å². The molecule has 1 unspecified atom stereocenters. The molecule has 2 aromatic rings. The molecular formula is C16H22Cl2N2. The van der Waals surface area contributed by atoms with Crippen molar-refractivity contribution in [1.29, 1.82) is 0 Å². The van der Waals surface area contributed by atoms with Crippen LogP contribution in [0.25, 0.3) is 11.0 Å². The smallest absolute Gasteiger partial charge is 0.111 e. The fourth-order valence-electron chi connectivity index (χ4n) is 2.58. The lowest BCUT2D eigenvalue weighted by Crippen LogP contribution is -2.11. The Balaban J connectivity index is 2.39. The molecular weight excluding hydrogens is 291 g/mol. The van der Waals surface area contributed by atoms with Gasteiger partial charge in [0, 0.05) is 23.4 Å². The van der Waals surface area contributed by atoms with Crippen LogP contribution in [0.5, 0.6) is 0 Å². The lowest BCUT2D eigenvalue weighted by Gasteiger charge is -2.18. The van der Waals surface area contributed by atoms with Gasteiger partial charge in [-0.15, -0.1) is 11.6 Å². The molecule has 0 spiro atoms. The summed E-state index contributed by atoms with van der Waals surface area (Å²) in [5, 5.41) is 0.731. The molecule has 0 fully saturated rings. The van der Waals surface area contributed by atoms with Crippen molar-refractivity contribution in [3.63, 3.8) is 0 Å². The summed E-state index contributed by atoms with van der Waals surface area (Å²) in [6, 6.07) is 6.36. The maximum absolute atomic E-state index is 6.06. The van der Waals surface area contributed by atoms with Crippen molar-refractivity contribution in [1.82, 2.24) is 9.55 Å². The van der Waals surface area contributed by atoms with Crippen molar-refractivity contribution in [2.24, 2.45) is 5.92 Å². The van der Waals surface area contributed by atoms with E-state index in [0.717, 1.165) is 40.6 Å². The SMILES string of the molecule is CC(C)CCC(C)n1c(CCCl)nc2cc(Cl)ccc21. The van der Waals surface area contributed by atoms with Crippen molar-refractivity contribution in [2.45, 2.75) is 46.1 Å². The van der Waals surface area contributed by atoms with Crippen molar-refractivity contribution in [3.05, 3.63) is 29.0 Å². The Morgan fingerprint density at radius 1 is 1.20 bits per heavy atom. The van der Waals surface area contributed by atoms with E-state index < -0.39 is 0 Å². The van der Waals surface area contributed by atoms with Gasteiger partial charge >= 0.3 is 0 Å². The Bertz CT molecular complexity index is 575. The van der Waals surface area contributed by atoms with Gasteiger partial charge in [0.25, 0.3) is 0 Å². The molecule has 0 aliphatic carbocycles. The highest BCUT2D eigenvalue weighted by Crippen LogP contribution is 2.27. The fourth-order valence-corrected chi connectivity index (χ4v) is 2.91. The summed E-state index contributed by atoms with van der Waals surface area (Å²) < 4.78 is 2.33. The lowest BCUT2D eigenvalue weighted by atomic mass is 10.0. The van der Waals surface area contributed by atoms with Crippen LogP contribution in [0.2, 0.25) is 5.02 Å². The summed E-state index contributed by atoms with van der Waals surface area (Å²) in [6.07, 6.45) is 3.16. The molecule has 1 aromatic heterocycles. The van der Waals surface area contributed by atoms with Gasteiger partial charge in [0.15, 0.2) is 0 Å². The molecule has 2 nitrogen and oxygen atoms in total. The van der Waals surface area contributed by atoms with Crippen LogP contribution in [0.3, 0.4) is 0 Å². The van der Waals surface area contributed by atoms with Gasteiger partial charge in [-0.05, 0) is 43.9 Å². The Hall–Kier alpha value is -0.730. The van der Waals surface area contributed by atoms with Crippen LogP contribution in [0.4, 0.5) is 0 Å².